The lowest BCUT2D eigenvalue weighted by molar-refractivity contribution is -0.139. The highest BCUT2D eigenvalue weighted by atomic mass is 35.5. The van der Waals surface area contributed by atoms with Gasteiger partial charge in [-0.15, -0.1) is 0 Å². The summed E-state index contributed by atoms with van der Waals surface area (Å²) in [5.74, 6) is 0. The summed E-state index contributed by atoms with van der Waals surface area (Å²) in [7, 11) is 0. The van der Waals surface area contributed by atoms with Crippen molar-refractivity contribution >= 4 is 11.6 Å². The van der Waals surface area contributed by atoms with Crippen molar-refractivity contribution < 1.29 is 9.47 Å². The lowest BCUT2D eigenvalue weighted by atomic mass is 10.2. The molecule has 5 heteroatoms. The number of hydrogen-bond donors (Lipinski definition) is 0. The lowest BCUT2D eigenvalue weighted by Crippen LogP contribution is -2.18. The van der Waals surface area contributed by atoms with Crippen LogP contribution in [-0.2, 0) is 15.9 Å². The molecule has 0 unspecified atom stereocenters. The number of nitrogens with zero attached hydrogens (tertiary/aromatic N) is 2. The molecule has 1 aromatic heterocycles. The summed E-state index contributed by atoms with van der Waals surface area (Å²) in [5, 5.41) is 0.418. The predicted octanol–water partition coefficient (Wildman–Crippen LogP) is 2.46. The Bertz CT molecular complexity index is 304. The molecule has 16 heavy (non-hydrogen) atoms. The molecule has 0 aliphatic heterocycles. The Balaban J connectivity index is 2.41. The van der Waals surface area contributed by atoms with Gasteiger partial charge in [-0.2, -0.15) is 0 Å². The minimum Gasteiger partial charge on any atom is -0.353 e. The van der Waals surface area contributed by atoms with E-state index in [2.05, 4.69) is 9.97 Å². The van der Waals surface area contributed by atoms with Gasteiger partial charge < -0.3 is 9.47 Å². The van der Waals surface area contributed by atoms with Crippen molar-refractivity contribution in [3.8, 4) is 0 Å². The molecule has 0 aromatic carbocycles. The van der Waals surface area contributed by atoms with Crippen LogP contribution in [0, 0.1) is 0 Å². The van der Waals surface area contributed by atoms with Gasteiger partial charge in [0, 0.05) is 25.8 Å². The molecule has 0 atom stereocenters. The fraction of sp³-hybridized carbons (Fsp3) is 0.636. The second-order valence-electron chi connectivity index (χ2n) is 3.21. The molecule has 0 amide bonds. The van der Waals surface area contributed by atoms with E-state index in [4.69, 9.17) is 21.1 Å². The Kier molecular flexibility index (Phi) is 6.30. The molecule has 90 valence electrons. The summed E-state index contributed by atoms with van der Waals surface area (Å²) in [4.78, 5) is 8.14. The first-order chi connectivity index (χ1) is 7.76. The molecule has 0 aliphatic carbocycles. The van der Waals surface area contributed by atoms with Crippen molar-refractivity contribution in [1.29, 1.82) is 0 Å². The second-order valence-corrected chi connectivity index (χ2v) is 3.60. The average Bonchev–Trinajstić information content (AvgIpc) is 2.27. The molecule has 0 fully saturated rings. The molecule has 0 radical (unpaired) electrons. The quantitative estimate of drug-likeness (QED) is 0.691. The number of aryl methyl sites for hydroxylation is 1. The van der Waals surface area contributed by atoms with Crippen LogP contribution in [0.15, 0.2) is 12.4 Å². The highest BCUT2D eigenvalue weighted by molar-refractivity contribution is 6.29. The molecule has 1 rings (SSSR count). The van der Waals surface area contributed by atoms with Crippen molar-refractivity contribution in [3.05, 3.63) is 23.2 Å². The zero-order valence-electron chi connectivity index (χ0n) is 9.65. The van der Waals surface area contributed by atoms with E-state index in [1.54, 1.807) is 6.20 Å². The minimum absolute atomic E-state index is 0.171. The van der Waals surface area contributed by atoms with Crippen molar-refractivity contribution in [3.63, 3.8) is 0 Å². The Morgan fingerprint density at radius 3 is 2.50 bits per heavy atom. The van der Waals surface area contributed by atoms with E-state index < -0.39 is 0 Å². The van der Waals surface area contributed by atoms with Crippen molar-refractivity contribution in [2.75, 3.05) is 13.2 Å². The van der Waals surface area contributed by atoms with Gasteiger partial charge in [0.1, 0.15) is 5.15 Å². The number of aromatic nitrogens is 2. The maximum atomic E-state index is 5.75. The molecule has 0 bridgehead atoms. The number of hydrogen-bond acceptors (Lipinski definition) is 4. The van der Waals surface area contributed by atoms with Crippen LogP contribution in [0.2, 0.25) is 5.15 Å². The third kappa shape index (κ3) is 4.88. The topological polar surface area (TPSA) is 44.2 Å². The summed E-state index contributed by atoms with van der Waals surface area (Å²) < 4.78 is 10.9. The van der Waals surface area contributed by atoms with Crippen LogP contribution in [-0.4, -0.2) is 29.5 Å². The average molecular weight is 245 g/mol. The molecule has 0 N–H and O–H groups in total. The first-order valence-corrected chi connectivity index (χ1v) is 5.83. The lowest BCUT2D eigenvalue weighted by Gasteiger charge is -2.16. The smallest absolute Gasteiger partial charge is 0.157 e. The van der Waals surface area contributed by atoms with Crippen LogP contribution < -0.4 is 0 Å². The summed E-state index contributed by atoms with van der Waals surface area (Å²) in [6.07, 6.45) is 4.57. The van der Waals surface area contributed by atoms with Gasteiger partial charge in [-0.3, -0.25) is 4.98 Å². The van der Waals surface area contributed by atoms with Gasteiger partial charge in [0.15, 0.2) is 6.29 Å². The fourth-order valence-corrected chi connectivity index (χ4v) is 1.52. The summed E-state index contributed by atoms with van der Waals surface area (Å²) in [5.41, 5.74) is 0.858. The Hall–Kier alpha value is -0.710. The van der Waals surface area contributed by atoms with Gasteiger partial charge in [-0.05, 0) is 20.3 Å². The van der Waals surface area contributed by atoms with Crippen LogP contribution in [0.25, 0.3) is 0 Å². The van der Waals surface area contributed by atoms with E-state index in [-0.39, 0.29) is 6.29 Å². The zero-order valence-corrected chi connectivity index (χ0v) is 10.4. The summed E-state index contributed by atoms with van der Waals surface area (Å²) in [6.45, 7) is 5.19. The standard InChI is InChI=1S/C11H17ClN2O2/c1-3-15-11(16-4-2)6-5-9-7-13-8-10(12)14-9/h7-8,11H,3-6H2,1-2H3. The van der Waals surface area contributed by atoms with E-state index in [1.807, 2.05) is 13.8 Å². The number of ether oxygens (including phenoxy) is 2. The molecule has 0 saturated heterocycles. The largest absolute Gasteiger partial charge is 0.353 e. The molecule has 0 saturated carbocycles. The minimum atomic E-state index is -0.171. The molecular weight excluding hydrogens is 228 g/mol. The first kappa shape index (κ1) is 13.4. The zero-order chi connectivity index (χ0) is 11.8. The van der Waals surface area contributed by atoms with Gasteiger partial charge in [0.2, 0.25) is 0 Å². The highest BCUT2D eigenvalue weighted by Crippen LogP contribution is 2.08. The van der Waals surface area contributed by atoms with Crippen LogP contribution in [0.4, 0.5) is 0 Å². The van der Waals surface area contributed by atoms with Crippen molar-refractivity contribution in [2.45, 2.75) is 33.0 Å². The van der Waals surface area contributed by atoms with Gasteiger partial charge in [-0.1, -0.05) is 11.6 Å². The molecule has 1 heterocycles. The van der Waals surface area contributed by atoms with Crippen LogP contribution in [0.5, 0.6) is 0 Å². The maximum absolute atomic E-state index is 5.75. The second kappa shape index (κ2) is 7.54. The third-order valence-corrected chi connectivity index (χ3v) is 2.18. The summed E-state index contributed by atoms with van der Waals surface area (Å²) >= 11 is 5.75. The van der Waals surface area contributed by atoms with Gasteiger partial charge in [-0.25, -0.2) is 4.98 Å². The molecule has 0 aliphatic rings. The normalized spacial score (nSPS) is 11.0. The van der Waals surface area contributed by atoms with Gasteiger partial charge in [0.05, 0.1) is 11.9 Å². The number of halogens is 1. The third-order valence-electron chi connectivity index (χ3n) is 2.00. The molecule has 4 nitrogen and oxygen atoms in total. The van der Waals surface area contributed by atoms with E-state index in [1.165, 1.54) is 6.20 Å². The Morgan fingerprint density at radius 2 is 1.94 bits per heavy atom. The maximum Gasteiger partial charge on any atom is 0.157 e. The first-order valence-electron chi connectivity index (χ1n) is 5.45. The van der Waals surface area contributed by atoms with Crippen LogP contribution >= 0.6 is 11.6 Å². The van der Waals surface area contributed by atoms with E-state index in [9.17, 15) is 0 Å². The molecule has 1 aromatic rings. The van der Waals surface area contributed by atoms with E-state index in [0.717, 1.165) is 18.5 Å². The van der Waals surface area contributed by atoms with Crippen molar-refractivity contribution in [1.82, 2.24) is 9.97 Å². The Morgan fingerprint density at radius 1 is 1.25 bits per heavy atom. The monoisotopic (exact) mass is 244 g/mol. The van der Waals surface area contributed by atoms with Gasteiger partial charge >= 0.3 is 0 Å². The number of rotatable bonds is 7. The summed E-state index contributed by atoms with van der Waals surface area (Å²) in [6, 6.07) is 0. The molecule has 0 spiro atoms. The van der Waals surface area contributed by atoms with E-state index in [0.29, 0.717) is 18.4 Å². The SMILES string of the molecule is CCOC(CCc1cncc(Cl)n1)OCC. The van der Waals surface area contributed by atoms with Crippen LogP contribution in [0.1, 0.15) is 26.0 Å². The van der Waals surface area contributed by atoms with Gasteiger partial charge in [0.25, 0.3) is 0 Å². The Labute approximate surface area is 101 Å². The fourth-order valence-electron chi connectivity index (χ4n) is 1.35. The van der Waals surface area contributed by atoms with E-state index >= 15 is 0 Å². The van der Waals surface area contributed by atoms with Crippen molar-refractivity contribution in [2.24, 2.45) is 0 Å². The van der Waals surface area contributed by atoms with Crippen LogP contribution in [0.3, 0.4) is 0 Å². The highest BCUT2D eigenvalue weighted by Gasteiger charge is 2.08. The predicted molar refractivity (Wildman–Crippen MR) is 62.4 cm³/mol. The molecular formula is C11H17ClN2O2.